The molecule has 0 spiro atoms. The third-order valence-corrected chi connectivity index (χ3v) is 10.8. The van der Waals surface area contributed by atoms with Crippen molar-refractivity contribution in [3.63, 3.8) is 0 Å². The van der Waals surface area contributed by atoms with E-state index in [9.17, 15) is 0 Å². The number of rotatable bonds is 4. The van der Waals surface area contributed by atoms with Crippen LogP contribution in [0, 0.1) is 0 Å². The minimum atomic E-state index is -1.82. The summed E-state index contributed by atoms with van der Waals surface area (Å²) in [5, 5.41) is 0.168. The van der Waals surface area contributed by atoms with Gasteiger partial charge < -0.3 is 18.2 Å². The normalized spacial score (nSPS) is 19.8. The number of fused-ring (bicyclic) bond motifs is 1. The Morgan fingerprint density at radius 2 is 1.67 bits per heavy atom. The molecule has 0 radical (unpaired) electrons. The molecule has 3 heterocycles. The van der Waals surface area contributed by atoms with E-state index in [0.29, 0.717) is 6.61 Å². The SMILES string of the molecule is CC1(C)OB(c2cnc3cc(CO[Si](C)(C)C(C)(C)C)oc3c2)OC1(C)C. The Kier molecular flexibility index (Phi) is 4.91. The van der Waals surface area contributed by atoms with E-state index in [1.807, 2.05) is 39.8 Å². The topological polar surface area (TPSA) is 53.7 Å². The van der Waals surface area contributed by atoms with Crippen LogP contribution in [-0.4, -0.2) is 31.6 Å². The summed E-state index contributed by atoms with van der Waals surface area (Å²) in [6, 6.07) is 3.91. The first kappa shape index (κ1) is 20.6. The molecular weight excluding hydrogens is 357 g/mol. The highest BCUT2D eigenvalue weighted by molar-refractivity contribution is 6.74. The fourth-order valence-corrected chi connectivity index (χ4v) is 3.57. The molecule has 27 heavy (non-hydrogen) atoms. The van der Waals surface area contributed by atoms with Crippen LogP contribution in [0.3, 0.4) is 0 Å². The van der Waals surface area contributed by atoms with Gasteiger partial charge in [0, 0.05) is 17.7 Å². The molecule has 1 aliphatic heterocycles. The van der Waals surface area contributed by atoms with Gasteiger partial charge in [-0.1, -0.05) is 20.8 Å². The Morgan fingerprint density at radius 3 is 2.22 bits per heavy atom. The molecule has 0 amide bonds. The van der Waals surface area contributed by atoms with Gasteiger partial charge in [-0.3, -0.25) is 4.98 Å². The van der Waals surface area contributed by atoms with Crippen molar-refractivity contribution < 1.29 is 18.2 Å². The summed E-state index contributed by atoms with van der Waals surface area (Å²) in [6.07, 6.45) is 1.80. The van der Waals surface area contributed by atoms with Crippen LogP contribution in [0.1, 0.15) is 54.2 Å². The number of nitrogens with zero attached hydrogens (tertiary/aromatic N) is 1. The summed E-state index contributed by atoms with van der Waals surface area (Å²) < 4.78 is 24.5. The molecule has 3 rings (SSSR count). The predicted molar refractivity (Wildman–Crippen MR) is 112 cm³/mol. The first-order valence-electron chi connectivity index (χ1n) is 9.60. The van der Waals surface area contributed by atoms with E-state index in [0.717, 1.165) is 22.3 Å². The maximum Gasteiger partial charge on any atom is 0.496 e. The standard InChI is InChI=1S/C20H32BNO4Si/c1-18(2,3)27(8,9)23-13-15-11-16-17(24-15)10-14(12-22-16)21-25-19(4,5)20(6,7)26-21/h10-12H,13H2,1-9H3. The monoisotopic (exact) mass is 389 g/mol. The second-order valence-corrected chi connectivity index (χ2v) is 14.8. The lowest BCUT2D eigenvalue weighted by molar-refractivity contribution is 0.00578. The van der Waals surface area contributed by atoms with Gasteiger partial charge in [0.15, 0.2) is 13.9 Å². The van der Waals surface area contributed by atoms with Gasteiger partial charge in [-0.05, 0) is 51.9 Å². The second-order valence-electron chi connectivity index (χ2n) is 10.0. The predicted octanol–water partition coefficient (Wildman–Crippen LogP) is 4.65. The van der Waals surface area contributed by atoms with Gasteiger partial charge in [0.25, 0.3) is 0 Å². The summed E-state index contributed by atoms with van der Waals surface area (Å²) in [6.45, 7) is 19.8. The highest BCUT2D eigenvalue weighted by Crippen LogP contribution is 2.38. The molecule has 1 saturated heterocycles. The zero-order chi connectivity index (χ0) is 20.3. The maximum absolute atomic E-state index is 6.26. The molecule has 0 aliphatic carbocycles. The van der Waals surface area contributed by atoms with Crippen LogP contribution in [0.4, 0.5) is 0 Å². The van der Waals surface area contributed by atoms with Crippen molar-refractivity contribution in [3.8, 4) is 0 Å². The van der Waals surface area contributed by atoms with E-state index in [1.165, 1.54) is 0 Å². The van der Waals surface area contributed by atoms with Crippen LogP contribution in [0.2, 0.25) is 18.1 Å². The van der Waals surface area contributed by atoms with E-state index in [2.05, 4.69) is 38.8 Å². The number of pyridine rings is 1. The number of aromatic nitrogens is 1. The van der Waals surface area contributed by atoms with Crippen LogP contribution in [0.25, 0.3) is 11.1 Å². The molecule has 2 aromatic rings. The summed E-state index contributed by atoms with van der Waals surface area (Å²) in [7, 11) is -2.26. The van der Waals surface area contributed by atoms with E-state index in [-0.39, 0.29) is 16.2 Å². The number of hydrogen-bond donors (Lipinski definition) is 0. The zero-order valence-electron chi connectivity index (χ0n) is 18.1. The molecule has 0 saturated carbocycles. The summed E-state index contributed by atoms with van der Waals surface area (Å²) in [4.78, 5) is 4.54. The van der Waals surface area contributed by atoms with Crippen LogP contribution < -0.4 is 5.46 Å². The van der Waals surface area contributed by atoms with E-state index in [1.54, 1.807) is 6.20 Å². The van der Waals surface area contributed by atoms with Crippen LogP contribution >= 0.6 is 0 Å². The summed E-state index contributed by atoms with van der Waals surface area (Å²) in [5.41, 5.74) is 1.67. The summed E-state index contributed by atoms with van der Waals surface area (Å²) in [5.74, 6) is 0.799. The maximum atomic E-state index is 6.26. The van der Waals surface area contributed by atoms with Crippen molar-refractivity contribution in [1.82, 2.24) is 4.98 Å². The Hall–Kier alpha value is -1.15. The average Bonchev–Trinajstić information content (AvgIpc) is 3.01. The van der Waals surface area contributed by atoms with Gasteiger partial charge in [-0.2, -0.15) is 0 Å². The van der Waals surface area contributed by atoms with Crippen molar-refractivity contribution in [2.45, 2.75) is 84.4 Å². The van der Waals surface area contributed by atoms with Crippen LogP contribution in [0.5, 0.6) is 0 Å². The lowest BCUT2D eigenvalue weighted by Gasteiger charge is -2.35. The fourth-order valence-electron chi connectivity index (χ4n) is 2.63. The van der Waals surface area contributed by atoms with Crippen molar-refractivity contribution in [2.24, 2.45) is 0 Å². The molecule has 0 N–H and O–H groups in total. The highest BCUT2D eigenvalue weighted by atomic mass is 28.4. The second kappa shape index (κ2) is 6.44. The van der Waals surface area contributed by atoms with Gasteiger partial charge in [0.1, 0.15) is 11.3 Å². The van der Waals surface area contributed by atoms with E-state index >= 15 is 0 Å². The Bertz CT molecular complexity index is 822. The molecule has 1 fully saturated rings. The molecule has 0 unspecified atom stereocenters. The van der Waals surface area contributed by atoms with Gasteiger partial charge >= 0.3 is 7.12 Å². The molecule has 0 bridgehead atoms. The third-order valence-electron chi connectivity index (χ3n) is 6.35. The Morgan fingerprint density at radius 1 is 1.07 bits per heavy atom. The largest absolute Gasteiger partial charge is 0.496 e. The molecule has 2 aromatic heterocycles. The van der Waals surface area contributed by atoms with Gasteiger partial charge in [-0.25, -0.2) is 0 Å². The molecule has 0 atom stereocenters. The Balaban J connectivity index is 1.78. The molecule has 5 nitrogen and oxygen atoms in total. The minimum absolute atomic E-state index is 0.168. The summed E-state index contributed by atoms with van der Waals surface area (Å²) >= 11 is 0. The van der Waals surface area contributed by atoms with Crippen molar-refractivity contribution >= 4 is 32.0 Å². The molecular formula is C20H32BNO4Si. The van der Waals surface area contributed by atoms with Gasteiger partial charge in [0.2, 0.25) is 0 Å². The number of furan rings is 1. The molecule has 1 aliphatic rings. The quantitative estimate of drug-likeness (QED) is 0.713. The smallest absolute Gasteiger partial charge is 0.457 e. The Labute approximate surface area is 164 Å². The molecule has 7 heteroatoms. The first-order valence-corrected chi connectivity index (χ1v) is 12.5. The lowest BCUT2D eigenvalue weighted by Crippen LogP contribution is -2.41. The number of hydrogen-bond acceptors (Lipinski definition) is 5. The third kappa shape index (κ3) is 3.88. The first-order chi connectivity index (χ1) is 12.2. The van der Waals surface area contributed by atoms with Gasteiger partial charge in [0.05, 0.1) is 17.8 Å². The van der Waals surface area contributed by atoms with Gasteiger partial charge in [-0.15, -0.1) is 0 Å². The van der Waals surface area contributed by atoms with Crippen molar-refractivity contribution in [3.05, 3.63) is 24.1 Å². The molecule has 0 aromatic carbocycles. The lowest BCUT2D eigenvalue weighted by atomic mass is 9.80. The van der Waals surface area contributed by atoms with E-state index in [4.69, 9.17) is 18.2 Å². The fraction of sp³-hybridized carbons (Fsp3) is 0.650. The van der Waals surface area contributed by atoms with Crippen LogP contribution in [-0.2, 0) is 20.3 Å². The van der Waals surface area contributed by atoms with Crippen molar-refractivity contribution in [1.29, 1.82) is 0 Å². The highest BCUT2D eigenvalue weighted by Gasteiger charge is 2.51. The zero-order valence-corrected chi connectivity index (χ0v) is 19.1. The average molecular weight is 389 g/mol. The van der Waals surface area contributed by atoms with Crippen LogP contribution in [0.15, 0.2) is 22.7 Å². The molecule has 148 valence electrons. The minimum Gasteiger partial charge on any atom is -0.457 e. The van der Waals surface area contributed by atoms with E-state index < -0.39 is 15.4 Å². The van der Waals surface area contributed by atoms with Crippen molar-refractivity contribution in [2.75, 3.05) is 0 Å².